The molecule has 3 amide bonds. The minimum Gasteiger partial charge on any atom is -0.463 e. The van der Waals surface area contributed by atoms with Gasteiger partial charge in [0, 0.05) is 21.1 Å². The van der Waals surface area contributed by atoms with E-state index >= 15 is 0 Å². The van der Waals surface area contributed by atoms with Crippen molar-refractivity contribution in [2.45, 2.75) is 6.54 Å². The molecule has 0 aliphatic carbocycles. The van der Waals surface area contributed by atoms with E-state index in [-0.39, 0.29) is 29.5 Å². The predicted octanol–water partition coefficient (Wildman–Crippen LogP) is 5.96. The molecule has 0 saturated carbocycles. The van der Waals surface area contributed by atoms with Gasteiger partial charge in [-0.2, -0.15) is 0 Å². The molecule has 0 atom stereocenters. The van der Waals surface area contributed by atoms with Crippen LogP contribution in [0.25, 0.3) is 12.2 Å². The van der Waals surface area contributed by atoms with E-state index in [4.69, 9.17) is 20.8 Å². The Hall–Kier alpha value is -3.67. The smallest absolute Gasteiger partial charge is 0.373 e. The van der Waals surface area contributed by atoms with Gasteiger partial charge in [-0.15, -0.1) is 0 Å². The molecule has 3 aromatic rings. The molecule has 9 nitrogen and oxygen atoms in total. The van der Waals surface area contributed by atoms with E-state index in [2.05, 4.69) is 41.9 Å². The second-order valence-corrected chi connectivity index (χ2v) is 9.96. The number of hydrogen-bond acceptors (Lipinski definition) is 7. The minimum atomic E-state index is -0.684. The van der Waals surface area contributed by atoms with Crippen LogP contribution in [0.2, 0.25) is 5.02 Å². The average Bonchev–Trinajstić information content (AvgIpc) is 3.45. The van der Waals surface area contributed by atoms with Crippen LogP contribution in [-0.2, 0) is 20.9 Å². The number of nitrogens with one attached hydrogen (secondary N) is 1. The maximum atomic E-state index is 13.0. The third-order valence-corrected chi connectivity index (χ3v) is 6.44. The fourth-order valence-corrected chi connectivity index (χ4v) is 4.83. The van der Waals surface area contributed by atoms with Crippen molar-refractivity contribution >= 4 is 79.5 Å². The highest BCUT2D eigenvalue weighted by molar-refractivity contribution is 9.11. The van der Waals surface area contributed by atoms with E-state index in [1.165, 1.54) is 31.4 Å². The molecule has 0 spiro atoms. The van der Waals surface area contributed by atoms with Crippen molar-refractivity contribution in [3.63, 3.8) is 0 Å². The number of carbonyl (C=O) groups is 4. The van der Waals surface area contributed by atoms with Crippen LogP contribution in [0.4, 0.5) is 4.79 Å². The lowest BCUT2D eigenvalue weighted by atomic mass is 10.1. The Morgan fingerprint density at radius 3 is 2.55 bits per heavy atom. The number of esters is 2. The second kappa shape index (κ2) is 11.8. The van der Waals surface area contributed by atoms with Crippen molar-refractivity contribution in [1.29, 1.82) is 0 Å². The van der Waals surface area contributed by atoms with Gasteiger partial charge >= 0.3 is 18.0 Å². The van der Waals surface area contributed by atoms with E-state index in [0.717, 1.165) is 10.5 Å². The quantitative estimate of drug-likeness (QED) is 0.144. The lowest BCUT2D eigenvalue weighted by molar-refractivity contribution is -0.129. The molecule has 12 heteroatoms. The van der Waals surface area contributed by atoms with Gasteiger partial charge in [0.25, 0.3) is 5.91 Å². The summed E-state index contributed by atoms with van der Waals surface area (Å²) in [5.41, 5.74) is 1.04. The van der Waals surface area contributed by atoms with Gasteiger partial charge in [0.15, 0.2) is 5.75 Å². The van der Waals surface area contributed by atoms with Crippen LogP contribution in [0.5, 0.6) is 5.75 Å². The first-order valence-electron chi connectivity index (χ1n) is 10.8. The molecule has 0 radical (unpaired) electrons. The van der Waals surface area contributed by atoms with E-state index in [9.17, 15) is 19.2 Å². The number of amides is 3. The Morgan fingerprint density at radius 2 is 1.84 bits per heavy atom. The third-order valence-electron chi connectivity index (χ3n) is 5.15. The minimum absolute atomic E-state index is 0.0475. The number of urea groups is 1. The molecule has 0 bridgehead atoms. The van der Waals surface area contributed by atoms with Crippen LogP contribution in [0.1, 0.15) is 27.4 Å². The molecule has 2 aromatic carbocycles. The van der Waals surface area contributed by atoms with Crippen molar-refractivity contribution in [3.8, 4) is 5.75 Å². The molecular formula is C26H17Br2ClN2O7. The zero-order chi connectivity index (χ0) is 27.4. The van der Waals surface area contributed by atoms with Crippen LogP contribution >= 0.6 is 43.5 Å². The molecule has 38 heavy (non-hydrogen) atoms. The first kappa shape index (κ1) is 27.4. The summed E-state index contributed by atoms with van der Waals surface area (Å²) in [5, 5.41) is 3.08. The maximum absolute atomic E-state index is 13.0. The standard InChI is InChI=1S/C26H17Br2ClN2O7/c1-36-25(34)21-8-7-18(37-21)13-31-24(33)20(30-26(31)35)11-15-10-16(27)12-19(28)23(15)38-22(32)9-4-14-2-5-17(29)6-3-14/h2-12H,13H2,1H3,(H,30,35)/b9-4+,20-11+. The highest BCUT2D eigenvalue weighted by Crippen LogP contribution is 2.35. The summed E-state index contributed by atoms with van der Waals surface area (Å²) in [5.74, 6) is -1.68. The number of furan rings is 1. The molecule has 1 fully saturated rings. The van der Waals surface area contributed by atoms with Gasteiger partial charge < -0.3 is 19.2 Å². The van der Waals surface area contributed by atoms with Crippen molar-refractivity contribution in [2.24, 2.45) is 0 Å². The molecule has 4 rings (SSSR count). The lowest BCUT2D eigenvalue weighted by Gasteiger charge is -2.10. The highest BCUT2D eigenvalue weighted by atomic mass is 79.9. The van der Waals surface area contributed by atoms with Crippen molar-refractivity contribution < 1.29 is 33.1 Å². The number of imide groups is 1. The van der Waals surface area contributed by atoms with Crippen LogP contribution in [0, 0.1) is 0 Å². The Labute approximate surface area is 238 Å². The first-order chi connectivity index (χ1) is 18.1. The SMILES string of the molecule is COC(=O)c1ccc(CN2C(=O)N/C(=C/c3cc(Br)cc(Br)c3OC(=O)/C=C/c3ccc(Cl)cc3)C2=O)o1. The Bertz CT molecular complexity index is 1500. The zero-order valence-electron chi connectivity index (χ0n) is 19.5. The summed E-state index contributed by atoms with van der Waals surface area (Å²) in [6, 6.07) is 12.4. The molecular weight excluding hydrogens is 648 g/mol. The van der Waals surface area contributed by atoms with Gasteiger partial charge in [0.1, 0.15) is 11.5 Å². The second-order valence-electron chi connectivity index (χ2n) is 7.75. The molecule has 1 aromatic heterocycles. The number of ether oxygens (including phenoxy) is 2. The Morgan fingerprint density at radius 1 is 1.11 bits per heavy atom. The molecule has 0 unspecified atom stereocenters. The predicted molar refractivity (Wildman–Crippen MR) is 145 cm³/mol. The normalized spacial score (nSPS) is 14.3. The number of benzene rings is 2. The van der Waals surface area contributed by atoms with Crippen LogP contribution in [0.3, 0.4) is 0 Å². The molecule has 1 aliphatic rings. The molecule has 1 saturated heterocycles. The number of rotatable bonds is 7. The monoisotopic (exact) mass is 662 g/mol. The van der Waals surface area contributed by atoms with Gasteiger partial charge in [-0.3, -0.25) is 9.69 Å². The van der Waals surface area contributed by atoms with Crippen molar-refractivity contribution in [3.05, 3.63) is 96.9 Å². The van der Waals surface area contributed by atoms with Crippen molar-refractivity contribution in [2.75, 3.05) is 7.11 Å². The highest BCUT2D eigenvalue weighted by Gasteiger charge is 2.34. The Balaban J connectivity index is 1.55. The Kier molecular flexibility index (Phi) is 8.50. The average molecular weight is 665 g/mol. The van der Waals surface area contributed by atoms with Crippen LogP contribution in [-0.4, -0.2) is 35.9 Å². The van der Waals surface area contributed by atoms with Gasteiger partial charge in [-0.1, -0.05) is 39.7 Å². The van der Waals surface area contributed by atoms with Gasteiger partial charge in [0.05, 0.1) is 18.1 Å². The topological polar surface area (TPSA) is 115 Å². The van der Waals surface area contributed by atoms with Crippen LogP contribution in [0.15, 0.2) is 73.7 Å². The largest absolute Gasteiger partial charge is 0.463 e. The molecule has 1 aliphatic heterocycles. The van der Waals surface area contributed by atoms with E-state index < -0.39 is 23.9 Å². The summed E-state index contributed by atoms with van der Waals surface area (Å²) < 4.78 is 16.6. The number of methoxy groups -OCH3 is 1. The third kappa shape index (κ3) is 6.42. The number of carbonyl (C=O) groups excluding carboxylic acids is 4. The van der Waals surface area contributed by atoms with Gasteiger partial charge in [-0.05, 0) is 70.0 Å². The summed E-state index contributed by atoms with van der Waals surface area (Å²) >= 11 is 12.6. The zero-order valence-corrected chi connectivity index (χ0v) is 23.4. The fraction of sp³-hybridized carbons (Fsp3) is 0.0769. The van der Waals surface area contributed by atoms with E-state index in [1.54, 1.807) is 42.5 Å². The first-order valence-corrected chi connectivity index (χ1v) is 12.8. The molecule has 194 valence electrons. The summed E-state index contributed by atoms with van der Waals surface area (Å²) in [4.78, 5) is 50.6. The number of nitrogens with zero attached hydrogens (tertiary/aromatic N) is 1. The van der Waals surface area contributed by atoms with E-state index in [1.807, 2.05) is 0 Å². The molecule has 2 heterocycles. The summed E-state index contributed by atoms with van der Waals surface area (Å²) in [7, 11) is 1.21. The lowest BCUT2D eigenvalue weighted by Crippen LogP contribution is -2.30. The number of halogens is 3. The summed E-state index contributed by atoms with van der Waals surface area (Å²) in [6.07, 6.45) is 4.22. The fourth-order valence-electron chi connectivity index (χ4n) is 3.37. The van der Waals surface area contributed by atoms with Gasteiger partial charge in [-0.25, -0.2) is 14.4 Å². The number of hydrogen-bond donors (Lipinski definition) is 1. The van der Waals surface area contributed by atoms with Crippen LogP contribution < -0.4 is 10.1 Å². The maximum Gasteiger partial charge on any atom is 0.373 e. The van der Waals surface area contributed by atoms with E-state index in [0.29, 0.717) is 19.5 Å². The van der Waals surface area contributed by atoms with Crippen molar-refractivity contribution in [1.82, 2.24) is 10.2 Å². The molecule has 1 N–H and O–H groups in total. The summed E-state index contributed by atoms with van der Waals surface area (Å²) in [6.45, 7) is -0.210. The van der Waals surface area contributed by atoms with Gasteiger partial charge in [0.2, 0.25) is 5.76 Å².